The lowest BCUT2D eigenvalue weighted by Crippen LogP contribution is -2.45. The molecule has 1 aromatic heterocycles. The number of unbranched alkanes of at least 4 members (excludes halogenated alkanes) is 10. The highest BCUT2D eigenvalue weighted by Crippen LogP contribution is 2.51. The van der Waals surface area contributed by atoms with E-state index in [0.29, 0.717) is 5.56 Å². The van der Waals surface area contributed by atoms with Gasteiger partial charge in [0, 0.05) is 53.7 Å². The highest BCUT2D eigenvalue weighted by molar-refractivity contribution is 5.96. The van der Waals surface area contributed by atoms with Crippen molar-refractivity contribution in [3.8, 4) is 0 Å². The molecule has 0 saturated carbocycles. The van der Waals surface area contributed by atoms with Crippen molar-refractivity contribution in [2.24, 2.45) is 0 Å². The molecular formula is C46H61N3O2. The average Bonchev–Trinajstić information content (AvgIpc) is 3.45. The number of benzene rings is 3. The van der Waals surface area contributed by atoms with Crippen LogP contribution >= 0.6 is 0 Å². The van der Waals surface area contributed by atoms with Crippen LogP contribution in [-0.4, -0.2) is 24.0 Å². The number of ether oxygens (including phenoxy) is 1. The number of fused-ring (bicyclic) bond motifs is 1. The number of aromatic nitrogens is 1. The quantitative estimate of drug-likeness (QED) is 0.0644. The first-order valence-corrected chi connectivity index (χ1v) is 20.0. The molecule has 0 amide bonds. The minimum Gasteiger partial charge on any atom is -0.426 e. The Balaban J connectivity index is 1.56. The normalized spacial score (nSPS) is 15.1. The third-order valence-electron chi connectivity index (χ3n) is 10.7. The summed E-state index contributed by atoms with van der Waals surface area (Å²) >= 11 is 0. The minimum absolute atomic E-state index is 0.352. The van der Waals surface area contributed by atoms with Gasteiger partial charge in [0.15, 0.2) is 0 Å². The number of esters is 1. The summed E-state index contributed by atoms with van der Waals surface area (Å²) in [4.78, 5) is 22.8. The molecule has 272 valence electrons. The Hall–Kier alpha value is -4.12. The maximum Gasteiger partial charge on any atom is 0.342 e. The Morgan fingerprint density at radius 1 is 0.608 bits per heavy atom. The smallest absolute Gasteiger partial charge is 0.342 e. The maximum atomic E-state index is 13.8. The number of anilines is 3. The second kappa shape index (κ2) is 18.9. The lowest BCUT2D eigenvalue weighted by atomic mass is 9.87. The molecular weight excluding hydrogens is 627 g/mol. The van der Waals surface area contributed by atoms with Crippen LogP contribution in [0.3, 0.4) is 0 Å². The lowest BCUT2D eigenvalue weighted by Gasteiger charge is -2.43. The van der Waals surface area contributed by atoms with Crippen molar-refractivity contribution in [1.29, 1.82) is 0 Å². The van der Waals surface area contributed by atoms with Crippen LogP contribution in [0, 0.1) is 6.92 Å². The maximum absolute atomic E-state index is 13.8. The molecule has 5 heteroatoms. The summed E-state index contributed by atoms with van der Waals surface area (Å²) in [5.41, 5.74) is 7.93. The Bertz CT molecular complexity index is 1600. The van der Waals surface area contributed by atoms with Crippen molar-refractivity contribution in [3.05, 3.63) is 119 Å². The molecule has 0 N–H and O–H groups in total. The molecule has 0 saturated heterocycles. The van der Waals surface area contributed by atoms with Crippen molar-refractivity contribution in [1.82, 2.24) is 4.98 Å². The highest BCUT2D eigenvalue weighted by Gasteiger charge is 2.53. The average molecular weight is 688 g/mol. The van der Waals surface area contributed by atoms with Crippen molar-refractivity contribution in [3.63, 3.8) is 0 Å². The summed E-state index contributed by atoms with van der Waals surface area (Å²) in [6.07, 6.45) is 21.0. The summed E-state index contributed by atoms with van der Waals surface area (Å²) in [6.45, 7) is 12.9. The summed E-state index contributed by atoms with van der Waals surface area (Å²) in [5, 5.41) is 0. The molecule has 1 atom stereocenters. The van der Waals surface area contributed by atoms with E-state index in [2.05, 4.69) is 116 Å². The van der Waals surface area contributed by atoms with Gasteiger partial charge in [0.05, 0.1) is 5.56 Å². The van der Waals surface area contributed by atoms with Crippen molar-refractivity contribution in [2.75, 3.05) is 22.9 Å². The van der Waals surface area contributed by atoms with Gasteiger partial charge in [0.1, 0.15) is 0 Å². The number of carbonyl (C=O) groups excluding carboxylic acids is 1. The van der Waals surface area contributed by atoms with Gasteiger partial charge in [-0.25, -0.2) is 4.79 Å². The molecule has 51 heavy (non-hydrogen) atoms. The van der Waals surface area contributed by atoms with Gasteiger partial charge in [-0.1, -0.05) is 108 Å². The van der Waals surface area contributed by atoms with Gasteiger partial charge < -0.3 is 9.64 Å². The molecule has 0 fully saturated rings. The zero-order valence-electron chi connectivity index (χ0n) is 32.1. The summed E-state index contributed by atoms with van der Waals surface area (Å²) in [6, 6.07) is 26.4. The molecule has 4 aromatic rings. The van der Waals surface area contributed by atoms with E-state index in [-0.39, 0.29) is 5.97 Å². The van der Waals surface area contributed by atoms with Crippen molar-refractivity contribution in [2.45, 2.75) is 130 Å². The van der Waals surface area contributed by atoms with Crippen LogP contribution in [0.4, 0.5) is 17.1 Å². The van der Waals surface area contributed by atoms with E-state index in [1.165, 1.54) is 93.9 Å². The fourth-order valence-electron chi connectivity index (χ4n) is 7.75. The molecule has 1 aliphatic rings. The first kappa shape index (κ1) is 38.1. The van der Waals surface area contributed by atoms with Gasteiger partial charge in [-0.2, -0.15) is 0 Å². The van der Waals surface area contributed by atoms with Crippen LogP contribution in [0.5, 0.6) is 0 Å². The largest absolute Gasteiger partial charge is 0.426 e. The third kappa shape index (κ3) is 9.04. The Morgan fingerprint density at radius 3 is 1.63 bits per heavy atom. The van der Waals surface area contributed by atoms with E-state index in [4.69, 9.17) is 4.74 Å². The Morgan fingerprint density at radius 2 is 1.12 bits per heavy atom. The van der Waals surface area contributed by atoms with E-state index in [0.717, 1.165) is 54.0 Å². The molecule has 1 unspecified atom stereocenters. The zero-order valence-corrected chi connectivity index (χ0v) is 32.1. The van der Waals surface area contributed by atoms with Crippen LogP contribution < -0.4 is 9.80 Å². The summed E-state index contributed by atoms with van der Waals surface area (Å²) in [5.74, 6) is -0.352. The number of hydrogen-bond acceptors (Lipinski definition) is 5. The standard InChI is InChI=1S/C46H61N3O2/c1-6-10-12-14-16-18-20-37-22-26-39(27-23-37)49(40-28-24-38(25-29-40)21-19-17-15-13-11-7-2)46(44-32-33-47-35-42(44)45(50)51-46)43-31-30-41(34-36(43)5)48(8-3)9-4/h22-35H,6-21H2,1-5H3. The van der Waals surface area contributed by atoms with Gasteiger partial charge in [0.2, 0.25) is 5.72 Å². The van der Waals surface area contributed by atoms with Crippen LogP contribution in [-0.2, 0) is 23.3 Å². The number of carbonyl (C=O) groups is 1. The number of pyridine rings is 1. The molecule has 0 aliphatic carbocycles. The van der Waals surface area contributed by atoms with Crippen LogP contribution in [0.2, 0.25) is 0 Å². The minimum atomic E-state index is -1.22. The third-order valence-corrected chi connectivity index (χ3v) is 10.7. The number of hydrogen-bond donors (Lipinski definition) is 0. The van der Waals surface area contributed by atoms with E-state index >= 15 is 0 Å². The van der Waals surface area contributed by atoms with E-state index in [1.807, 2.05) is 6.07 Å². The van der Waals surface area contributed by atoms with Crippen LogP contribution in [0.15, 0.2) is 85.2 Å². The van der Waals surface area contributed by atoms with Gasteiger partial charge in [-0.05, 0) is 106 Å². The van der Waals surface area contributed by atoms with Gasteiger partial charge in [0.25, 0.3) is 0 Å². The topological polar surface area (TPSA) is 45.7 Å². The first-order valence-electron chi connectivity index (χ1n) is 20.0. The molecule has 1 aliphatic heterocycles. The number of nitrogens with zero attached hydrogens (tertiary/aromatic N) is 3. The Labute approximate surface area is 308 Å². The lowest BCUT2D eigenvalue weighted by molar-refractivity contribution is 0.0132. The Kier molecular flexibility index (Phi) is 14.1. The highest BCUT2D eigenvalue weighted by atomic mass is 16.6. The molecule has 5 rings (SSSR count). The van der Waals surface area contributed by atoms with Crippen LogP contribution in [0.1, 0.15) is 143 Å². The molecule has 5 nitrogen and oxygen atoms in total. The predicted molar refractivity (Wildman–Crippen MR) is 214 cm³/mol. The molecule has 2 heterocycles. The summed E-state index contributed by atoms with van der Waals surface area (Å²) < 4.78 is 6.73. The van der Waals surface area contributed by atoms with E-state index in [1.54, 1.807) is 12.4 Å². The van der Waals surface area contributed by atoms with Crippen molar-refractivity contribution < 1.29 is 9.53 Å². The molecule has 0 radical (unpaired) electrons. The summed E-state index contributed by atoms with van der Waals surface area (Å²) in [7, 11) is 0. The molecule has 0 bridgehead atoms. The van der Waals surface area contributed by atoms with Gasteiger partial charge in [-0.3, -0.25) is 9.88 Å². The second-order valence-corrected chi connectivity index (χ2v) is 14.3. The number of cyclic esters (lactones) is 1. The van der Waals surface area contributed by atoms with Crippen molar-refractivity contribution >= 4 is 23.0 Å². The zero-order chi connectivity index (χ0) is 36.1. The van der Waals surface area contributed by atoms with Gasteiger partial charge >= 0.3 is 5.97 Å². The van der Waals surface area contributed by atoms with Gasteiger partial charge in [-0.15, -0.1) is 0 Å². The number of rotatable bonds is 21. The second-order valence-electron chi connectivity index (χ2n) is 14.3. The van der Waals surface area contributed by atoms with Crippen LogP contribution in [0.25, 0.3) is 0 Å². The monoisotopic (exact) mass is 687 g/mol. The number of aryl methyl sites for hydroxylation is 3. The fraction of sp³-hybridized carbons (Fsp3) is 0.478. The fourth-order valence-corrected chi connectivity index (χ4v) is 7.75. The van der Waals surface area contributed by atoms with E-state index in [9.17, 15) is 4.79 Å². The predicted octanol–water partition coefficient (Wildman–Crippen LogP) is 12.3. The molecule has 3 aromatic carbocycles. The SMILES string of the molecule is CCCCCCCCc1ccc(N(c2ccc(CCCCCCCC)cc2)C2(c3ccc(N(CC)CC)cc3C)OC(=O)c3cnccc32)cc1. The molecule has 0 spiro atoms. The van der Waals surface area contributed by atoms with E-state index < -0.39 is 5.72 Å². The first-order chi connectivity index (χ1) is 25.0.